The summed E-state index contributed by atoms with van der Waals surface area (Å²) in [5.74, 6) is 0. The molecular weight excluding hydrogens is 260 g/mol. The van der Waals surface area contributed by atoms with Gasteiger partial charge in [0.1, 0.15) is 6.07 Å². The first-order valence-electron chi connectivity index (χ1n) is 6.07. The quantitative estimate of drug-likeness (QED) is 0.853. The lowest BCUT2D eigenvalue weighted by Gasteiger charge is -2.16. The lowest BCUT2D eigenvalue weighted by Crippen LogP contribution is -2.19. The number of hydrogen-bond acceptors (Lipinski definition) is 4. The van der Waals surface area contributed by atoms with E-state index in [2.05, 4.69) is 35.8 Å². The summed E-state index contributed by atoms with van der Waals surface area (Å²) in [6, 6.07) is 8.86. The summed E-state index contributed by atoms with van der Waals surface area (Å²) >= 11 is 3.45. The van der Waals surface area contributed by atoms with E-state index in [9.17, 15) is 0 Å². The van der Waals surface area contributed by atoms with Gasteiger partial charge in [0.2, 0.25) is 0 Å². The van der Waals surface area contributed by atoms with Gasteiger partial charge in [-0.05, 0) is 23.9 Å². The van der Waals surface area contributed by atoms with Gasteiger partial charge in [-0.1, -0.05) is 19.4 Å². The van der Waals surface area contributed by atoms with Crippen LogP contribution < -0.4 is 5.32 Å². The molecule has 2 heterocycles. The Morgan fingerprint density at radius 1 is 1.44 bits per heavy atom. The van der Waals surface area contributed by atoms with Gasteiger partial charge >= 0.3 is 0 Å². The van der Waals surface area contributed by atoms with Gasteiger partial charge in [-0.15, -0.1) is 22.7 Å². The third-order valence-corrected chi connectivity index (χ3v) is 4.69. The smallest absolute Gasteiger partial charge is 0.100 e. The van der Waals surface area contributed by atoms with E-state index < -0.39 is 0 Å². The number of nitrogens with one attached hydrogen (secondary N) is 1. The lowest BCUT2D eigenvalue weighted by molar-refractivity contribution is 0.503. The summed E-state index contributed by atoms with van der Waals surface area (Å²) in [5, 5.41) is 16.4. The SMILES string of the molecule is CCCC(NCc1cc(C#N)cs1)c1cccs1. The van der Waals surface area contributed by atoms with Gasteiger partial charge in [-0.2, -0.15) is 5.26 Å². The van der Waals surface area contributed by atoms with E-state index in [-0.39, 0.29) is 0 Å². The van der Waals surface area contributed by atoms with Gasteiger partial charge < -0.3 is 5.32 Å². The van der Waals surface area contributed by atoms with Crippen LogP contribution in [0, 0.1) is 11.3 Å². The lowest BCUT2D eigenvalue weighted by atomic mass is 10.1. The average molecular weight is 276 g/mol. The first kappa shape index (κ1) is 13.3. The van der Waals surface area contributed by atoms with Crippen LogP contribution >= 0.6 is 22.7 Å². The molecule has 0 aliphatic carbocycles. The van der Waals surface area contributed by atoms with Crippen molar-refractivity contribution in [2.75, 3.05) is 0 Å². The second-order valence-electron chi connectivity index (χ2n) is 4.15. The Hall–Kier alpha value is -1.15. The molecule has 0 aromatic carbocycles. The summed E-state index contributed by atoms with van der Waals surface area (Å²) < 4.78 is 0. The minimum absolute atomic E-state index is 0.433. The number of nitriles is 1. The van der Waals surface area contributed by atoms with Crippen LogP contribution in [-0.4, -0.2) is 0 Å². The summed E-state index contributed by atoms with van der Waals surface area (Å²) in [4.78, 5) is 2.62. The molecule has 18 heavy (non-hydrogen) atoms. The fourth-order valence-corrected chi connectivity index (χ4v) is 3.48. The molecule has 0 bridgehead atoms. The molecule has 1 N–H and O–H groups in total. The van der Waals surface area contributed by atoms with E-state index in [1.807, 2.05) is 11.4 Å². The second-order valence-corrected chi connectivity index (χ2v) is 6.13. The van der Waals surface area contributed by atoms with Crippen molar-refractivity contribution in [2.45, 2.75) is 32.4 Å². The van der Waals surface area contributed by atoms with E-state index in [1.54, 1.807) is 22.7 Å². The molecule has 0 aliphatic rings. The monoisotopic (exact) mass is 276 g/mol. The van der Waals surface area contributed by atoms with E-state index in [0.717, 1.165) is 18.5 Å². The maximum atomic E-state index is 8.80. The third kappa shape index (κ3) is 3.42. The molecule has 94 valence electrons. The standard InChI is InChI=1S/C14H16N2S2/c1-2-4-13(14-5-3-6-17-14)16-9-12-7-11(8-15)10-18-12/h3,5-7,10,13,16H,2,4,9H2,1H3. The summed E-state index contributed by atoms with van der Waals surface area (Å²) in [6.45, 7) is 3.05. The highest BCUT2D eigenvalue weighted by atomic mass is 32.1. The van der Waals surface area contributed by atoms with E-state index >= 15 is 0 Å². The Balaban J connectivity index is 1.96. The van der Waals surface area contributed by atoms with Crippen LogP contribution in [0.15, 0.2) is 29.0 Å². The predicted octanol–water partition coefficient (Wildman–Crippen LogP) is 4.31. The number of nitrogens with zero attached hydrogens (tertiary/aromatic N) is 1. The van der Waals surface area contributed by atoms with Gasteiger partial charge in [0, 0.05) is 27.7 Å². The molecule has 0 amide bonds. The van der Waals surface area contributed by atoms with Crippen LogP contribution in [-0.2, 0) is 6.54 Å². The molecule has 2 aromatic rings. The van der Waals surface area contributed by atoms with Crippen LogP contribution in [0.5, 0.6) is 0 Å². The molecule has 0 radical (unpaired) electrons. The minimum atomic E-state index is 0.433. The van der Waals surface area contributed by atoms with Crippen molar-refractivity contribution in [2.24, 2.45) is 0 Å². The predicted molar refractivity (Wildman–Crippen MR) is 77.8 cm³/mol. The van der Waals surface area contributed by atoms with Crippen molar-refractivity contribution in [3.63, 3.8) is 0 Å². The van der Waals surface area contributed by atoms with E-state index in [4.69, 9.17) is 5.26 Å². The van der Waals surface area contributed by atoms with Crippen molar-refractivity contribution in [3.8, 4) is 6.07 Å². The average Bonchev–Trinajstić information content (AvgIpc) is 3.05. The van der Waals surface area contributed by atoms with Crippen molar-refractivity contribution in [3.05, 3.63) is 44.3 Å². The van der Waals surface area contributed by atoms with Crippen molar-refractivity contribution >= 4 is 22.7 Å². The molecule has 0 spiro atoms. The number of rotatable bonds is 6. The summed E-state index contributed by atoms with van der Waals surface area (Å²) in [6.07, 6.45) is 2.32. The molecule has 1 atom stereocenters. The second kappa shape index (κ2) is 6.69. The summed E-state index contributed by atoms with van der Waals surface area (Å²) in [7, 11) is 0. The minimum Gasteiger partial charge on any atom is -0.304 e. The molecule has 1 unspecified atom stereocenters. The van der Waals surface area contributed by atoms with Gasteiger partial charge in [0.25, 0.3) is 0 Å². The van der Waals surface area contributed by atoms with E-state index in [1.165, 1.54) is 16.2 Å². The van der Waals surface area contributed by atoms with Gasteiger partial charge in [-0.25, -0.2) is 0 Å². The van der Waals surface area contributed by atoms with Crippen LogP contribution in [0.2, 0.25) is 0 Å². The zero-order valence-electron chi connectivity index (χ0n) is 10.3. The Morgan fingerprint density at radius 3 is 2.94 bits per heavy atom. The molecule has 4 heteroatoms. The molecular formula is C14H16N2S2. The zero-order chi connectivity index (χ0) is 12.8. The molecule has 2 nitrogen and oxygen atoms in total. The van der Waals surface area contributed by atoms with Gasteiger partial charge in [0.15, 0.2) is 0 Å². The first-order chi connectivity index (χ1) is 8.83. The molecule has 0 saturated heterocycles. The van der Waals surface area contributed by atoms with Gasteiger partial charge in [-0.3, -0.25) is 0 Å². The molecule has 0 aliphatic heterocycles. The Bertz CT molecular complexity index is 508. The number of hydrogen-bond donors (Lipinski definition) is 1. The van der Waals surface area contributed by atoms with E-state index in [0.29, 0.717) is 6.04 Å². The van der Waals surface area contributed by atoms with Gasteiger partial charge in [0.05, 0.1) is 5.56 Å². The number of thiophene rings is 2. The molecule has 0 fully saturated rings. The van der Waals surface area contributed by atoms with Crippen LogP contribution in [0.1, 0.15) is 41.1 Å². The maximum absolute atomic E-state index is 8.80. The third-order valence-electron chi connectivity index (χ3n) is 2.77. The zero-order valence-corrected chi connectivity index (χ0v) is 12.0. The summed E-state index contributed by atoms with van der Waals surface area (Å²) in [5.41, 5.74) is 0.764. The Morgan fingerprint density at radius 2 is 2.33 bits per heavy atom. The van der Waals surface area contributed by atoms with Crippen molar-refractivity contribution in [1.29, 1.82) is 5.26 Å². The highest BCUT2D eigenvalue weighted by Gasteiger charge is 2.11. The Kier molecular flexibility index (Phi) is 4.94. The van der Waals surface area contributed by atoms with Crippen molar-refractivity contribution < 1.29 is 0 Å². The molecule has 2 rings (SSSR count). The van der Waals surface area contributed by atoms with Crippen LogP contribution in [0.25, 0.3) is 0 Å². The first-order valence-corrected chi connectivity index (χ1v) is 7.83. The topological polar surface area (TPSA) is 35.8 Å². The fourth-order valence-electron chi connectivity index (χ4n) is 1.88. The molecule has 0 saturated carbocycles. The molecule has 2 aromatic heterocycles. The van der Waals surface area contributed by atoms with Crippen LogP contribution in [0.3, 0.4) is 0 Å². The largest absolute Gasteiger partial charge is 0.304 e. The fraction of sp³-hybridized carbons (Fsp3) is 0.357. The normalized spacial score (nSPS) is 12.2. The maximum Gasteiger partial charge on any atom is 0.100 e. The highest BCUT2D eigenvalue weighted by molar-refractivity contribution is 7.10. The van der Waals surface area contributed by atoms with Crippen molar-refractivity contribution in [1.82, 2.24) is 5.32 Å². The van der Waals surface area contributed by atoms with Crippen LogP contribution in [0.4, 0.5) is 0 Å². The highest BCUT2D eigenvalue weighted by Crippen LogP contribution is 2.24. The Labute approximate surface area is 116 Å².